The molecule has 49 heavy (non-hydrogen) atoms. The maximum atomic E-state index is 11.6. The first-order valence-corrected chi connectivity index (χ1v) is 17.0. The minimum Gasteiger partial charge on any atom is -0.489 e. The van der Waals surface area contributed by atoms with Gasteiger partial charge in [-0.3, -0.25) is 0 Å². The third-order valence-corrected chi connectivity index (χ3v) is 9.59. The van der Waals surface area contributed by atoms with Gasteiger partial charge in [-0.1, -0.05) is 11.1 Å². The number of benzene rings is 2. The first-order valence-electron chi connectivity index (χ1n) is 17.0. The van der Waals surface area contributed by atoms with Gasteiger partial charge in [0.25, 0.3) is 0 Å². The van der Waals surface area contributed by atoms with E-state index >= 15 is 0 Å². The number of hydrogen-bond donors (Lipinski definition) is 0. The average Bonchev–Trinajstić information content (AvgIpc) is 3.35. The molecule has 5 heterocycles. The van der Waals surface area contributed by atoms with E-state index in [9.17, 15) is 4.79 Å². The standard InChI is InChI=1S/C40H44O9/c1-25(16-19-42-29-11-9-27-10-14-37(41)45-31(27)22-29)8-13-36-39(5,6)49-40(48-36)18-15-28-21-30-33(23-32(28)46-40)44-24-34(30)43-20-17-26(2)7-12-35-38(3,4)47-35/h9-11,14-18,21-24,35-36H,7-8,12-13,19-20H2,1-6H3/t35?,36-,40-/m1/s1. The van der Waals surface area contributed by atoms with Crippen molar-refractivity contribution in [3.63, 3.8) is 0 Å². The van der Waals surface area contributed by atoms with Crippen molar-refractivity contribution in [3.8, 4) is 17.2 Å². The fourth-order valence-corrected chi connectivity index (χ4v) is 6.42. The lowest BCUT2D eigenvalue weighted by Crippen LogP contribution is -2.38. The minimum absolute atomic E-state index is 0.0234. The van der Waals surface area contributed by atoms with Crippen LogP contribution in [0.3, 0.4) is 0 Å². The normalized spacial score (nSPS) is 24.0. The number of rotatable bonds is 12. The van der Waals surface area contributed by atoms with Crippen LogP contribution in [0, 0.1) is 0 Å². The van der Waals surface area contributed by atoms with E-state index in [2.05, 4.69) is 33.8 Å². The topological polar surface area (TPSA) is 102 Å². The van der Waals surface area contributed by atoms with E-state index in [1.807, 2.05) is 56.3 Å². The van der Waals surface area contributed by atoms with Crippen LogP contribution >= 0.6 is 0 Å². The zero-order chi connectivity index (χ0) is 34.4. The molecule has 2 aromatic carbocycles. The molecule has 0 saturated carbocycles. The van der Waals surface area contributed by atoms with Crippen LogP contribution in [0.5, 0.6) is 17.2 Å². The number of hydrogen-bond acceptors (Lipinski definition) is 9. The number of fused-ring (bicyclic) bond motifs is 3. The summed E-state index contributed by atoms with van der Waals surface area (Å²) in [5.41, 5.74) is 3.56. The third-order valence-electron chi connectivity index (χ3n) is 9.59. The Morgan fingerprint density at radius 2 is 1.53 bits per heavy atom. The molecule has 2 saturated heterocycles. The van der Waals surface area contributed by atoms with Gasteiger partial charge in [-0.2, -0.15) is 0 Å². The van der Waals surface area contributed by atoms with Crippen LogP contribution in [0.15, 0.2) is 91.7 Å². The summed E-state index contributed by atoms with van der Waals surface area (Å²) in [5, 5.41) is 1.73. The van der Waals surface area contributed by atoms with Gasteiger partial charge in [0, 0.05) is 35.2 Å². The van der Waals surface area contributed by atoms with Crippen molar-refractivity contribution in [1.82, 2.24) is 0 Å². The highest BCUT2D eigenvalue weighted by Gasteiger charge is 2.54. The summed E-state index contributed by atoms with van der Waals surface area (Å²) in [6.45, 7) is 13.4. The molecule has 2 aromatic heterocycles. The molecule has 0 bridgehead atoms. The van der Waals surface area contributed by atoms with Gasteiger partial charge in [0.15, 0.2) is 5.75 Å². The highest BCUT2D eigenvalue weighted by atomic mass is 16.9. The Bertz CT molecular complexity index is 2010. The van der Waals surface area contributed by atoms with Crippen molar-refractivity contribution in [2.75, 3.05) is 13.2 Å². The Morgan fingerprint density at radius 3 is 2.27 bits per heavy atom. The minimum atomic E-state index is -1.32. The van der Waals surface area contributed by atoms with E-state index in [0.717, 1.165) is 42.0 Å². The van der Waals surface area contributed by atoms with Gasteiger partial charge >= 0.3 is 11.6 Å². The monoisotopic (exact) mass is 668 g/mol. The summed E-state index contributed by atoms with van der Waals surface area (Å²) in [6, 6.07) is 12.5. The van der Waals surface area contributed by atoms with Crippen LogP contribution in [0.4, 0.5) is 0 Å². The van der Waals surface area contributed by atoms with Crippen molar-refractivity contribution in [3.05, 3.63) is 94.1 Å². The summed E-state index contributed by atoms with van der Waals surface area (Å²) in [7, 11) is 0. The molecule has 9 heteroatoms. The number of ether oxygens (including phenoxy) is 6. The van der Waals surface area contributed by atoms with E-state index in [-0.39, 0.29) is 17.3 Å². The Labute approximate surface area is 286 Å². The molecule has 0 amide bonds. The lowest BCUT2D eigenvalue weighted by Gasteiger charge is -2.30. The van der Waals surface area contributed by atoms with Gasteiger partial charge < -0.3 is 37.3 Å². The fraction of sp³-hybridized carbons (Fsp3) is 0.425. The van der Waals surface area contributed by atoms with Crippen LogP contribution in [-0.4, -0.2) is 42.6 Å². The maximum Gasteiger partial charge on any atom is 0.350 e. The summed E-state index contributed by atoms with van der Waals surface area (Å²) in [4.78, 5) is 11.6. The van der Waals surface area contributed by atoms with E-state index in [4.69, 9.17) is 37.3 Å². The fourth-order valence-electron chi connectivity index (χ4n) is 6.42. The predicted molar refractivity (Wildman–Crippen MR) is 187 cm³/mol. The quantitative estimate of drug-likeness (QED) is 0.0832. The lowest BCUT2D eigenvalue weighted by molar-refractivity contribution is -0.270. The number of furan rings is 1. The van der Waals surface area contributed by atoms with Gasteiger partial charge in [0.05, 0.1) is 28.8 Å². The first-order chi connectivity index (χ1) is 23.4. The SMILES string of the molecule is CC(=CCOc1coc2cc3c(cc12)C=C[C@@]1(O3)O[C@H](CCC(C)=CCOc2ccc3ccc(=O)oc3c2)C(C)(C)O1)CCC1OC1(C)C. The van der Waals surface area contributed by atoms with Crippen molar-refractivity contribution in [2.24, 2.45) is 0 Å². The van der Waals surface area contributed by atoms with Crippen LogP contribution in [0.25, 0.3) is 28.0 Å². The van der Waals surface area contributed by atoms with Gasteiger partial charge in [-0.25, -0.2) is 4.79 Å². The van der Waals surface area contributed by atoms with Crippen LogP contribution in [0.2, 0.25) is 0 Å². The lowest BCUT2D eigenvalue weighted by atomic mass is 9.96. The first kappa shape index (κ1) is 33.2. The molecule has 1 unspecified atom stereocenters. The molecule has 0 N–H and O–H groups in total. The smallest absolute Gasteiger partial charge is 0.350 e. The molecule has 1 spiro atoms. The molecule has 3 aliphatic heterocycles. The molecule has 9 nitrogen and oxygen atoms in total. The molecular formula is C40H44O9. The summed E-state index contributed by atoms with van der Waals surface area (Å²) < 4.78 is 48.1. The molecular weight excluding hydrogens is 624 g/mol. The van der Waals surface area contributed by atoms with Crippen molar-refractivity contribution in [1.29, 1.82) is 0 Å². The van der Waals surface area contributed by atoms with E-state index < -0.39 is 11.6 Å². The van der Waals surface area contributed by atoms with E-state index in [1.165, 1.54) is 17.2 Å². The van der Waals surface area contributed by atoms with E-state index in [1.54, 1.807) is 18.4 Å². The molecule has 258 valence electrons. The van der Waals surface area contributed by atoms with E-state index in [0.29, 0.717) is 47.7 Å². The number of epoxide rings is 1. The zero-order valence-electron chi connectivity index (χ0n) is 29.0. The second kappa shape index (κ2) is 12.9. The zero-order valence-corrected chi connectivity index (χ0v) is 29.0. The summed E-state index contributed by atoms with van der Waals surface area (Å²) in [5.74, 6) is 0.627. The molecule has 0 radical (unpaired) electrons. The molecule has 2 fully saturated rings. The second-order valence-corrected chi connectivity index (χ2v) is 14.3. The van der Waals surface area contributed by atoms with Gasteiger partial charge in [-0.15, -0.1) is 0 Å². The van der Waals surface area contributed by atoms with Crippen LogP contribution < -0.4 is 19.8 Å². The Balaban J connectivity index is 0.933. The third kappa shape index (κ3) is 7.34. The predicted octanol–water partition coefficient (Wildman–Crippen LogP) is 8.88. The van der Waals surface area contributed by atoms with Gasteiger partial charge in [-0.05, 0) is 110 Å². The highest BCUT2D eigenvalue weighted by molar-refractivity contribution is 5.88. The Hall–Kier alpha value is -4.31. The molecule has 4 aromatic rings. The Kier molecular flexibility index (Phi) is 8.71. The van der Waals surface area contributed by atoms with Gasteiger partial charge in [0.1, 0.15) is 42.1 Å². The van der Waals surface area contributed by atoms with Crippen LogP contribution in [0.1, 0.15) is 72.8 Å². The van der Waals surface area contributed by atoms with Crippen LogP contribution in [-0.2, 0) is 14.2 Å². The van der Waals surface area contributed by atoms with Gasteiger partial charge in [0.2, 0.25) is 0 Å². The highest BCUT2D eigenvalue weighted by Crippen LogP contribution is 2.46. The largest absolute Gasteiger partial charge is 0.489 e. The molecule has 0 aliphatic carbocycles. The molecule has 3 atom stereocenters. The summed E-state index contributed by atoms with van der Waals surface area (Å²) >= 11 is 0. The average molecular weight is 669 g/mol. The number of allylic oxidation sites excluding steroid dienone is 2. The maximum absolute atomic E-state index is 11.6. The van der Waals surface area contributed by atoms with Crippen molar-refractivity contribution < 1.29 is 37.3 Å². The van der Waals surface area contributed by atoms with Crippen molar-refractivity contribution >= 4 is 28.0 Å². The Morgan fingerprint density at radius 1 is 0.837 bits per heavy atom. The molecule has 3 aliphatic rings. The van der Waals surface area contributed by atoms with Crippen molar-refractivity contribution in [2.45, 2.75) is 96.6 Å². The second-order valence-electron chi connectivity index (χ2n) is 14.3. The molecule has 7 rings (SSSR count). The summed E-state index contributed by atoms with van der Waals surface area (Å²) in [6.07, 6.45) is 13.3.